The average Bonchev–Trinajstić information content (AvgIpc) is 3.56. The number of benzene rings is 1. The first kappa shape index (κ1) is 21.9. The van der Waals surface area contributed by atoms with E-state index in [4.69, 9.17) is 0 Å². The van der Waals surface area contributed by atoms with Gasteiger partial charge in [0.2, 0.25) is 0 Å². The number of imidazole rings is 2. The van der Waals surface area contributed by atoms with Gasteiger partial charge in [0.1, 0.15) is 10.4 Å². The molecule has 9 heteroatoms. The van der Waals surface area contributed by atoms with Crippen LogP contribution in [0.3, 0.4) is 0 Å². The highest BCUT2D eigenvalue weighted by Gasteiger charge is 2.29. The molecule has 0 N–H and O–H groups in total. The number of nitrogens with zero attached hydrogens (tertiary/aromatic N) is 7. The minimum atomic E-state index is -0.0538. The number of likely N-dealkylation sites (tertiary alicyclic amines) is 1. The minimum absolute atomic E-state index is 0.0538. The van der Waals surface area contributed by atoms with Crippen molar-refractivity contribution in [3.8, 4) is 16.8 Å². The van der Waals surface area contributed by atoms with Crippen LogP contribution in [0.2, 0.25) is 0 Å². The minimum Gasteiger partial charge on any atom is -0.325 e. The van der Waals surface area contributed by atoms with E-state index in [0.717, 1.165) is 64.5 Å². The van der Waals surface area contributed by atoms with Gasteiger partial charge in [-0.1, -0.05) is 12.1 Å². The van der Waals surface area contributed by atoms with Crippen LogP contribution in [0.15, 0.2) is 82.7 Å². The Bertz CT molecular complexity index is 1550. The van der Waals surface area contributed by atoms with E-state index >= 15 is 0 Å². The lowest BCUT2D eigenvalue weighted by Gasteiger charge is -2.16. The van der Waals surface area contributed by atoms with Crippen molar-refractivity contribution in [2.45, 2.75) is 19.0 Å². The molecule has 0 amide bonds. The number of halogens is 1. The van der Waals surface area contributed by atoms with E-state index in [1.54, 1.807) is 23.2 Å². The maximum Gasteiger partial charge on any atom is 0.335 e. The molecule has 0 spiro atoms. The van der Waals surface area contributed by atoms with Gasteiger partial charge in [-0.3, -0.25) is 19.0 Å². The summed E-state index contributed by atoms with van der Waals surface area (Å²) < 4.78 is 6.65. The molecule has 4 aromatic heterocycles. The van der Waals surface area contributed by atoms with Crippen molar-refractivity contribution in [3.63, 3.8) is 0 Å². The first-order valence-corrected chi connectivity index (χ1v) is 12.4. The average molecular weight is 530 g/mol. The van der Waals surface area contributed by atoms with Crippen LogP contribution in [0.1, 0.15) is 18.3 Å². The van der Waals surface area contributed by atoms with Crippen molar-refractivity contribution in [2.75, 3.05) is 13.1 Å². The summed E-state index contributed by atoms with van der Waals surface area (Å²) >= 11 is 3.52. The van der Waals surface area contributed by atoms with Crippen molar-refractivity contribution in [2.24, 2.45) is 7.05 Å². The Hall–Kier alpha value is -3.56. The van der Waals surface area contributed by atoms with Gasteiger partial charge in [0.05, 0.1) is 30.0 Å². The molecule has 1 aliphatic heterocycles. The van der Waals surface area contributed by atoms with E-state index in [9.17, 15) is 4.79 Å². The second kappa shape index (κ2) is 8.90. The number of fused-ring (bicyclic) bond motifs is 1. The number of aromatic nitrogens is 6. The van der Waals surface area contributed by atoms with E-state index in [2.05, 4.69) is 35.8 Å². The lowest BCUT2D eigenvalue weighted by atomic mass is 10.1. The molecule has 0 saturated carbocycles. The monoisotopic (exact) mass is 529 g/mol. The molecule has 1 aromatic carbocycles. The van der Waals surface area contributed by atoms with E-state index in [1.807, 2.05) is 70.9 Å². The highest BCUT2D eigenvalue weighted by molar-refractivity contribution is 9.10. The van der Waals surface area contributed by atoms with Crippen LogP contribution >= 0.6 is 15.9 Å². The Morgan fingerprint density at radius 1 is 1.00 bits per heavy atom. The largest absolute Gasteiger partial charge is 0.335 e. The number of pyridine rings is 2. The lowest BCUT2D eigenvalue weighted by Crippen LogP contribution is -2.29. The third kappa shape index (κ3) is 3.90. The Morgan fingerprint density at radius 2 is 1.77 bits per heavy atom. The summed E-state index contributed by atoms with van der Waals surface area (Å²) in [4.78, 5) is 29.4. The summed E-state index contributed by atoms with van der Waals surface area (Å²) in [5.74, 6) is 1.000. The van der Waals surface area contributed by atoms with Gasteiger partial charge in [-0.25, -0.2) is 14.8 Å². The quantitative estimate of drug-likeness (QED) is 0.341. The van der Waals surface area contributed by atoms with Crippen molar-refractivity contribution in [1.29, 1.82) is 0 Å². The van der Waals surface area contributed by atoms with Gasteiger partial charge >= 0.3 is 5.69 Å². The smallest absolute Gasteiger partial charge is 0.325 e. The standard InChI is InChI=1S/C26H24BrN7O/c1-31-23(27)15-30-24(31)17-32-14-10-21(16-32)34-25-22(3-2-11-29-25)33(26(34)35)20-6-4-18(5-7-20)19-8-12-28-13-9-19/h2-9,11-13,15,21H,10,14,16-17H2,1H3. The van der Waals surface area contributed by atoms with Crippen LogP contribution in [-0.2, 0) is 13.6 Å². The molecule has 0 radical (unpaired) electrons. The van der Waals surface area contributed by atoms with Gasteiger partial charge in [-0.2, -0.15) is 0 Å². The lowest BCUT2D eigenvalue weighted by molar-refractivity contribution is 0.304. The van der Waals surface area contributed by atoms with Crippen molar-refractivity contribution in [3.05, 3.63) is 94.2 Å². The third-order valence-corrected chi connectivity index (χ3v) is 7.51. The maximum atomic E-state index is 13.8. The molecule has 0 bridgehead atoms. The summed E-state index contributed by atoms with van der Waals surface area (Å²) in [5.41, 5.74) is 4.49. The molecule has 176 valence electrons. The van der Waals surface area contributed by atoms with Crippen LogP contribution in [0.5, 0.6) is 0 Å². The van der Waals surface area contributed by atoms with Gasteiger partial charge in [-0.05, 0) is 69.9 Å². The molecular formula is C26H24BrN7O. The van der Waals surface area contributed by atoms with Gasteiger partial charge in [0, 0.05) is 38.7 Å². The molecule has 1 unspecified atom stereocenters. The third-order valence-electron chi connectivity index (χ3n) is 6.78. The molecule has 1 atom stereocenters. The predicted octanol–water partition coefficient (Wildman–Crippen LogP) is 4.19. The molecule has 1 fully saturated rings. The van der Waals surface area contributed by atoms with Gasteiger partial charge in [-0.15, -0.1) is 0 Å². The van der Waals surface area contributed by atoms with Gasteiger partial charge in [0.15, 0.2) is 5.65 Å². The zero-order chi connectivity index (χ0) is 23.9. The predicted molar refractivity (Wildman–Crippen MR) is 138 cm³/mol. The Labute approximate surface area is 210 Å². The fourth-order valence-electron chi connectivity index (χ4n) is 4.91. The highest BCUT2D eigenvalue weighted by Crippen LogP contribution is 2.27. The zero-order valence-corrected chi connectivity index (χ0v) is 20.8. The topological polar surface area (TPSA) is 73.8 Å². The molecule has 5 aromatic rings. The van der Waals surface area contributed by atoms with Crippen LogP contribution < -0.4 is 5.69 Å². The van der Waals surface area contributed by atoms with Crippen molar-refractivity contribution < 1.29 is 0 Å². The van der Waals surface area contributed by atoms with E-state index in [-0.39, 0.29) is 11.7 Å². The van der Waals surface area contributed by atoms with Crippen molar-refractivity contribution >= 4 is 27.1 Å². The molecule has 1 aliphatic rings. The first-order chi connectivity index (χ1) is 17.1. The number of hydrogen-bond donors (Lipinski definition) is 0. The molecule has 0 aliphatic carbocycles. The maximum absolute atomic E-state index is 13.8. The Morgan fingerprint density at radius 3 is 2.51 bits per heavy atom. The van der Waals surface area contributed by atoms with E-state index in [1.165, 1.54) is 0 Å². The second-order valence-corrected chi connectivity index (χ2v) is 9.66. The Balaban J connectivity index is 1.34. The molecule has 5 heterocycles. The number of hydrogen-bond acceptors (Lipinski definition) is 5. The summed E-state index contributed by atoms with van der Waals surface area (Å²) in [7, 11) is 2.00. The van der Waals surface area contributed by atoms with E-state index < -0.39 is 0 Å². The highest BCUT2D eigenvalue weighted by atomic mass is 79.9. The SMILES string of the molecule is Cn1c(Br)cnc1CN1CCC(n2c(=O)n(-c3ccc(-c4ccncc4)cc3)c3cccnc32)C1. The summed E-state index contributed by atoms with van der Waals surface area (Å²) in [6, 6.07) is 15.9. The first-order valence-electron chi connectivity index (χ1n) is 11.6. The van der Waals surface area contributed by atoms with Crippen LogP contribution in [0.4, 0.5) is 0 Å². The van der Waals surface area contributed by atoms with Gasteiger partial charge < -0.3 is 4.57 Å². The van der Waals surface area contributed by atoms with Gasteiger partial charge in [0.25, 0.3) is 0 Å². The van der Waals surface area contributed by atoms with E-state index in [0.29, 0.717) is 0 Å². The fourth-order valence-corrected chi connectivity index (χ4v) is 5.22. The van der Waals surface area contributed by atoms with Crippen molar-refractivity contribution in [1.82, 2.24) is 33.6 Å². The zero-order valence-electron chi connectivity index (χ0n) is 19.3. The number of rotatable bonds is 5. The van der Waals surface area contributed by atoms with Crippen LogP contribution in [0, 0.1) is 0 Å². The molecule has 35 heavy (non-hydrogen) atoms. The van der Waals surface area contributed by atoms with Crippen LogP contribution in [-0.4, -0.2) is 46.6 Å². The molecular weight excluding hydrogens is 506 g/mol. The second-order valence-electron chi connectivity index (χ2n) is 8.85. The Kier molecular flexibility index (Phi) is 5.58. The van der Waals surface area contributed by atoms with Crippen LogP contribution in [0.25, 0.3) is 28.0 Å². The summed E-state index contributed by atoms with van der Waals surface area (Å²) in [6.45, 7) is 2.43. The summed E-state index contributed by atoms with van der Waals surface area (Å²) in [6.07, 6.45) is 8.04. The molecule has 6 rings (SSSR count). The molecule has 1 saturated heterocycles. The normalized spacial score (nSPS) is 16.3. The fraction of sp³-hybridized carbons (Fsp3) is 0.231. The summed E-state index contributed by atoms with van der Waals surface area (Å²) in [5, 5.41) is 0. The molecule has 8 nitrogen and oxygen atoms in total.